The molecular weight excluding hydrogens is 421 g/mol. The fourth-order valence-electron chi connectivity index (χ4n) is 3.80. The molecule has 2 N–H and O–H groups in total. The summed E-state index contributed by atoms with van der Waals surface area (Å²) in [6, 6.07) is 3.54. The molecule has 1 aliphatic heterocycles. The van der Waals surface area contributed by atoms with E-state index in [0.717, 1.165) is 13.0 Å². The number of hydrogen-bond acceptors (Lipinski definition) is 4. The summed E-state index contributed by atoms with van der Waals surface area (Å²) >= 11 is 6.11. The van der Waals surface area contributed by atoms with Crippen LogP contribution in [-0.4, -0.2) is 52.9 Å². The molecule has 1 atom stereocenters. The maximum atomic E-state index is 14.7. The fourth-order valence-corrected chi connectivity index (χ4v) is 3.97. The van der Waals surface area contributed by atoms with Crippen molar-refractivity contribution in [1.29, 1.82) is 0 Å². The summed E-state index contributed by atoms with van der Waals surface area (Å²) in [5, 5.41) is 5.82. The summed E-state index contributed by atoms with van der Waals surface area (Å²) in [5.74, 6) is -0.844. The molecule has 0 fully saturated rings. The molecule has 168 valence electrons. The van der Waals surface area contributed by atoms with Gasteiger partial charge in [-0.1, -0.05) is 32.4 Å². The number of nitrogens with one attached hydrogen (secondary N) is 2. The first-order chi connectivity index (χ1) is 14.5. The molecule has 2 aromatic rings. The smallest absolute Gasteiger partial charge is 0.272 e. The number of imidazole rings is 1. The van der Waals surface area contributed by atoms with Gasteiger partial charge in [-0.05, 0) is 43.6 Å². The number of fused-ring (bicyclic) bond motifs is 1. The molecule has 7 nitrogen and oxygen atoms in total. The van der Waals surface area contributed by atoms with E-state index in [4.69, 9.17) is 11.6 Å². The highest BCUT2D eigenvalue weighted by Gasteiger charge is 2.35. The van der Waals surface area contributed by atoms with Crippen molar-refractivity contribution in [3.8, 4) is 11.4 Å². The van der Waals surface area contributed by atoms with Crippen molar-refractivity contribution < 1.29 is 14.0 Å². The predicted octanol–water partition coefficient (Wildman–Crippen LogP) is 3.07. The second kappa shape index (κ2) is 8.96. The number of benzene rings is 1. The van der Waals surface area contributed by atoms with Gasteiger partial charge in [-0.15, -0.1) is 0 Å². The number of carbonyl (C=O) groups is 2. The molecule has 1 aliphatic rings. The number of rotatable bonds is 4. The van der Waals surface area contributed by atoms with E-state index in [9.17, 15) is 14.0 Å². The molecule has 9 heteroatoms. The van der Waals surface area contributed by atoms with Crippen LogP contribution in [0.5, 0.6) is 0 Å². The number of amides is 2. The molecule has 0 radical (unpaired) electrons. The summed E-state index contributed by atoms with van der Waals surface area (Å²) in [5.41, 5.74) is 0.624. The molecule has 31 heavy (non-hydrogen) atoms. The summed E-state index contributed by atoms with van der Waals surface area (Å²) in [6.07, 6.45) is 0.832. The SMILES string of the molecule is CNC(=O)C(NC(=O)c1nc(-c2cc(Cl)ccc2F)n2c1CN(C)CCC2)C(C)(C)C. The minimum absolute atomic E-state index is 0.196. The summed E-state index contributed by atoms with van der Waals surface area (Å²) in [6.45, 7) is 7.55. The van der Waals surface area contributed by atoms with E-state index < -0.39 is 23.2 Å². The Bertz CT molecular complexity index is 999. The minimum Gasteiger partial charge on any atom is -0.357 e. The zero-order chi connectivity index (χ0) is 22.9. The van der Waals surface area contributed by atoms with E-state index in [1.807, 2.05) is 32.4 Å². The van der Waals surface area contributed by atoms with Crippen molar-refractivity contribution in [3.63, 3.8) is 0 Å². The number of hydrogen-bond donors (Lipinski definition) is 2. The molecule has 2 heterocycles. The highest BCUT2D eigenvalue weighted by atomic mass is 35.5. The number of likely N-dealkylation sites (N-methyl/N-ethyl adjacent to an activating group) is 1. The second-order valence-corrected chi connectivity index (χ2v) is 9.42. The standard InChI is InChI=1S/C22H29ClFN5O2/c1-22(2,3)18(21(31)25-4)27-20(30)17-16-12-28(5)9-6-10-29(16)19(26-17)14-11-13(23)7-8-15(14)24/h7-8,11,18H,6,9-10,12H2,1-5H3,(H,25,31)(H,27,30). The molecule has 3 rings (SSSR count). The van der Waals surface area contributed by atoms with Crippen LogP contribution in [0.3, 0.4) is 0 Å². The summed E-state index contributed by atoms with van der Waals surface area (Å²) in [7, 11) is 3.50. The average Bonchev–Trinajstić information content (AvgIpc) is 2.92. The van der Waals surface area contributed by atoms with Crippen LogP contribution in [0, 0.1) is 11.2 Å². The molecule has 0 spiro atoms. The summed E-state index contributed by atoms with van der Waals surface area (Å²) < 4.78 is 16.5. The van der Waals surface area contributed by atoms with Gasteiger partial charge >= 0.3 is 0 Å². The van der Waals surface area contributed by atoms with Crippen molar-refractivity contribution in [3.05, 3.63) is 40.4 Å². The Labute approximate surface area is 187 Å². The van der Waals surface area contributed by atoms with Gasteiger partial charge < -0.3 is 20.1 Å². The van der Waals surface area contributed by atoms with Gasteiger partial charge in [-0.2, -0.15) is 0 Å². The third kappa shape index (κ3) is 4.91. The summed E-state index contributed by atoms with van der Waals surface area (Å²) in [4.78, 5) is 32.4. The zero-order valence-corrected chi connectivity index (χ0v) is 19.3. The Balaban J connectivity index is 2.10. The van der Waals surface area contributed by atoms with Crippen LogP contribution >= 0.6 is 11.6 Å². The average molecular weight is 450 g/mol. The highest BCUT2D eigenvalue weighted by Crippen LogP contribution is 2.30. The molecule has 0 saturated heterocycles. The van der Waals surface area contributed by atoms with Gasteiger partial charge in [0.05, 0.1) is 11.3 Å². The highest BCUT2D eigenvalue weighted by molar-refractivity contribution is 6.30. The van der Waals surface area contributed by atoms with Crippen molar-refractivity contribution in [1.82, 2.24) is 25.1 Å². The predicted molar refractivity (Wildman–Crippen MR) is 118 cm³/mol. The molecule has 0 bridgehead atoms. The van der Waals surface area contributed by atoms with Crippen LogP contribution in [0.15, 0.2) is 18.2 Å². The normalized spacial score (nSPS) is 15.7. The minimum atomic E-state index is -0.753. The topological polar surface area (TPSA) is 79.3 Å². The monoisotopic (exact) mass is 449 g/mol. The van der Waals surface area contributed by atoms with E-state index in [-0.39, 0.29) is 17.2 Å². The lowest BCUT2D eigenvalue weighted by molar-refractivity contribution is -0.124. The van der Waals surface area contributed by atoms with E-state index in [0.29, 0.717) is 29.6 Å². The van der Waals surface area contributed by atoms with Crippen LogP contribution < -0.4 is 10.6 Å². The second-order valence-electron chi connectivity index (χ2n) is 8.98. The Hall–Kier alpha value is -2.45. The van der Waals surface area contributed by atoms with Gasteiger partial charge in [0.2, 0.25) is 5.91 Å². The van der Waals surface area contributed by atoms with Gasteiger partial charge in [-0.25, -0.2) is 9.37 Å². The fraction of sp³-hybridized carbons (Fsp3) is 0.500. The maximum Gasteiger partial charge on any atom is 0.272 e. The van der Waals surface area contributed by atoms with Crippen LogP contribution in [0.2, 0.25) is 5.02 Å². The van der Waals surface area contributed by atoms with Gasteiger partial charge in [0, 0.05) is 25.2 Å². The number of aromatic nitrogens is 2. The van der Waals surface area contributed by atoms with E-state index in [1.54, 1.807) is 0 Å². The lowest BCUT2D eigenvalue weighted by atomic mass is 9.86. The third-order valence-corrected chi connectivity index (χ3v) is 5.68. The lowest BCUT2D eigenvalue weighted by Crippen LogP contribution is -2.53. The molecule has 0 aliphatic carbocycles. The Morgan fingerprint density at radius 1 is 1.26 bits per heavy atom. The molecular formula is C22H29ClFN5O2. The van der Waals surface area contributed by atoms with Gasteiger partial charge in [0.15, 0.2) is 5.69 Å². The molecule has 1 aromatic carbocycles. The van der Waals surface area contributed by atoms with E-state index in [1.165, 1.54) is 25.2 Å². The molecule has 0 saturated carbocycles. The largest absolute Gasteiger partial charge is 0.357 e. The van der Waals surface area contributed by atoms with Crippen LogP contribution in [0.1, 0.15) is 43.4 Å². The van der Waals surface area contributed by atoms with Crippen LogP contribution in [0.4, 0.5) is 4.39 Å². The molecule has 1 aromatic heterocycles. The van der Waals surface area contributed by atoms with Crippen molar-refractivity contribution >= 4 is 23.4 Å². The van der Waals surface area contributed by atoms with Crippen LogP contribution in [0.25, 0.3) is 11.4 Å². The first-order valence-corrected chi connectivity index (χ1v) is 10.7. The number of halogens is 2. The van der Waals surface area contributed by atoms with Crippen molar-refractivity contribution in [2.75, 3.05) is 20.6 Å². The first kappa shape index (κ1) is 23.2. The van der Waals surface area contributed by atoms with Gasteiger partial charge in [-0.3, -0.25) is 9.59 Å². The Morgan fingerprint density at radius 2 is 1.97 bits per heavy atom. The maximum absolute atomic E-state index is 14.7. The Kier molecular flexibility index (Phi) is 6.71. The van der Waals surface area contributed by atoms with Crippen LogP contribution in [-0.2, 0) is 17.9 Å². The number of nitrogens with zero attached hydrogens (tertiary/aromatic N) is 3. The molecule has 2 amide bonds. The van der Waals surface area contributed by atoms with E-state index in [2.05, 4.69) is 20.5 Å². The van der Waals surface area contributed by atoms with Crippen molar-refractivity contribution in [2.24, 2.45) is 5.41 Å². The number of carbonyl (C=O) groups excluding carboxylic acids is 2. The van der Waals surface area contributed by atoms with Gasteiger partial charge in [0.25, 0.3) is 5.91 Å². The van der Waals surface area contributed by atoms with Crippen molar-refractivity contribution in [2.45, 2.75) is 46.3 Å². The lowest BCUT2D eigenvalue weighted by Gasteiger charge is -2.29. The quantitative estimate of drug-likeness (QED) is 0.751. The third-order valence-electron chi connectivity index (χ3n) is 5.45. The van der Waals surface area contributed by atoms with Gasteiger partial charge in [0.1, 0.15) is 17.7 Å². The zero-order valence-electron chi connectivity index (χ0n) is 18.6. The molecule has 1 unspecified atom stereocenters. The Morgan fingerprint density at radius 3 is 2.61 bits per heavy atom. The first-order valence-electron chi connectivity index (χ1n) is 10.3. The van der Waals surface area contributed by atoms with E-state index >= 15 is 0 Å².